The molecule has 2 aliphatic heterocycles. The van der Waals surface area contributed by atoms with Gasteiger partial charge in [-0.3, -0.25) is 33.6 Å². The fraction of sp³-hybridized carbons (Fsp3) is 0.397. The van der Waals surface area contributed by atoms with Gasteiger partial charge in [0.15, 0.2) is 17.4 Å². The molecule has 460 valence electrons. The number of aromatic hydroxyl groups is 1. The molecule has 2 unspecified atom stereocenters. The quantitative estimate of drug-likeness (QED) is 0.0157. The van der Waals surface area contributed by atoms with Crippen molar-refractivity contribution in [3.05, 3.63) is 106 Å². The molecule has 10 N–H and O–H groups in total. The summed E-state index contributed by atoms with van der Waals surface area (Å²) < 4.78 is 46.6. The van der Waals surface area contributed by atoms with Gasteiger partial charge in [-0.15, -0.1) is 11.8 Å². The number of nitrogens with one attached hydrogen (secondary N) is 5. The molecule has 6 rings (SSSR count). The Morgan fingerprint density at radius 1 is 0.802 bits per heavy atom. The van der Waals surface area contributed by atoms with Crippen LogP contribution in [-0.2, 0) is 54.3 Å². The second-order valence-corrected chi connectivity index (χ2v) is 21.7. The third-order valence-electron chi connectivity index (χ3n) is 13.7. The number of ether oxygens (including phenoxy) is 2. The van der Waals surface area contributed by atoms with Crippen LogP contribution in [0.4, 0.5) is 19.3 Å². The molecule has 1 aliphatic carbocycles. The maximum absolute atomic E-state index is 14.8. The van der Waals surface area contributed by atoms with Crippen LogP contribution in [0.25, 0.3) is 33.4 Å². The number of benzene rings is 4. The molecule has 3 aromatic carbocycles. The van der Waals surface area contributed by atoms with Gasteiger partial charge in [-0.2, -0.15) is 0 Å². The number of hydrogen-bond acceptors (Lipinski definition) is 16. The van der Waals surface area contributed by atoms with E-state index in [9.17, 15) is 81.9 Å². The van der Waals surface area contributed by atoms with E-state index in [0.29, 0.717) is 12.8 Å². The molecular weight excluding hydrogens is 1150 g/mol. The number of fused-ring (bicyclic) bond motifs is 2. The first kappa shape index (κ1) is 66.1. The lowest BCUT2D eigenvalue weighted by Gasteiger charge is -2.26. The number of carboxylic acid groups (broad SMARTS) is 4. The molecule has 3 aliphatic rings. The highest BCUT2D eigenvalue weighted by Gasteiger charge is 2.41. The van der Waals surface area contributed by atoms with Crippen LogP contribution in [0.1, 0.15) is 88.1 Å². The molecule has 0 aromatic heterocycles. The summed E-state index contributed by atoms with van der Waals surface area (Å²) in [6, 6.07) is 11.7. The van der Waals surface area contributed by atoms with Crippen LogP contribution in [0.5, 0.6) is 5.75 Å². The van der Waals surface area contributed by atoms with Gasteiger partial charge in [0, 0.05) is 92.3 Å². The van der Waals surface area contributed by atoms with E-state index in [-0.39, 0.29) is 109 Å². The number of phenolic OH excluding ortho intramolecular Hbond substituents is 1. The topological polar surface area (TPSA) is 384 Å². The number of carboxylic acids is 4. The summed E-state index contributed by atoms with van der Waals surface area (Å²) in [4.78, 5) is 139. The number of carbonyl (C=O) groups is 10. The molecule has 0 saturated carbocycles. The molecular formula is C58H64F2N6O19S. The summed E-state index contributed by atoms with van der Waals surface area (Å²) in [6.45, 7) is 5.16. The summed E-state index contributed by atoms with van der Waals surface area (Å²) >= 11 is 1.08. The van der Waals surface area contributed by atoms with Gasteiger partial charge in [0.25, 0.3) is 0 Å². The number of urea groups is 1. The van der Waals surface area contributed by atoms with Crippen molar-refractivity contribution in [2.75, 3.05) is 37.0 Å². The van der Waals surface area contributed by atoms with Gasteiger partial charge in [-0.25, -0.2) is 32.9 Å². The van der Waals surface area contributed by atoms with E-state index in [1.54, 1.807) is 44.2 Å². The smallest absolute Gasteiger partial charge is 0.336 e. The number of amides is 7. The molecule has 3 aromatic rings. The van der Waals surface area contributed by atoms with Crippen LogP contribution >= 0.6 is 11.8 Å². The third-order valence-corrected chi connectivity index (χ3v) is 15.2. The largest absolute Gasteiger partial charge is 0.505 e. The minimum absolute atomic E-state index is 0.0148. The number of halogens is 2. The van der Waals surface area contributed by atoms with Gasteiger partial charge in [-0.05, 0) is 81.8 Å². The Bertz CT molecular complexity index is 3400. The maximum Gasteiger partial charge on any atom is 0.336 e. The molecule has 1 saturated heterocycles. The summed E-state index contributed by atoms with van der Waals surface area (Å²) in [5.74, 6) is -11.8. The van der Waals surface area contributed by atoms with Gasteiger partial charge in [-0.1, -0.05) is 36.4 Å². The normalized spacial score (nSPS) is 15.3. The minimum Gasteiger partial charge on any atom is -0.505 e. The number of nitrogens with zero attached hydrogens (tertiary/aromatic N) is 1. The van der Waals surface area contributed by atoms with Gasteiger partial charge < -0.3 is 66.0 Å². The molecule has 0 bridgehead atoms. The lowest BCUT2D eigenvalue weighted by atomic mass is 9.90. The van der Waals surface area contributed by atoms with E-state index < -0.39 is 130 Å². The second kappa shape index (κ2) is 30.2. The van der Waals surface area contributed by atoms with Gasteiger partial charge in [0.1, 0.15) is 29.0 Å². The Kier molecular flexibility index (Phi) is 23.2. The lowest BCUT2D eigenvalue weighted by molar-refractivity contribution is -0.145. The molecule has 1 fully saturated rings. The molecule has 0 spiro atoms. The van der Waals surface area contributed by atoms with Crippen LogP contribution in [0, 0.1) is 11.6 Å². The number of hydrogen-bond donors (Lipinski definition) is 10. The van der Waals surface area contributed by atoms with Crippen molar-refractivity contribution in [1.82, 2.24) is 26.6 Å². The number of aromatic carboxylic acids is 1. The number of imide groups is 1. The predicted molar refractivity (Wildman–Crippen MR) is 304 cm³/mol. The van der Waals surface area contributed by atoms with Crippen LogP contribution in [0.3, 0.4) is 0 Å². The number of anilines is 1. The Hall–Kier alpha value is -9.02. The van der Waals surface area contributed by atoms with Crippen LogP contribution in [-0.4, -0.2) is 152 Å². The molecule has 25 nitrogen and oxygen atoms in total. The Morgan fingerprint density at radius 2 is 1.53 bits per heavy atom. The monoisotopic (exact) mass is 1220 g/mol. The molecule has 6 atom stereocenters. The second-order valence-electron chi connectivity index (χ2n) is 20.5. The van der Waals surface area contributed by atoms with E-state index in [1.807, 2.05) is 0 Å². The van der Waals surface area contributed by atoms with E-state index in [2.05, 4.69) is 26.6 Å². The summed E-state index contributed by atoms with van der Waals surface area (Å²) in [5, 5.41) is 59.8. The SMILES string of the molecule is CC(CCOCCCC(=O)N[C@@H](Cc1ccccc1)C(=O)N[C@H](C)CSC1CC(=O)N(c2ccc(-c3c4cc(F)c(=O)cc-4oc4cc(O)c(F)cc34)c(C(=O)O)c2)C1=O)OCCNC(=O)CC[C@H](NC(=O)N[C@@](C)(CCC(=O)O)C(=O)O)C(=O)O. The zero-order valence-corrected chi connectivity index (χ0v) is 47.6. The highest BCUT2D eigenvalue weighted by molar-refractivity contribution is 8.00. The number of aliphatic carboxylic acids is 3. The van der Waals surface area contributed by atoms with Crippen molar-refractivity contribution < 1.29 is 96.1 Å². The fourth-order valence-corrected chi connectivity index (χ4v) is 10.2. The Morgan fingerprint density at radius 3 is 2.22 bits per heavy atom. The highest BCUT2D eigenvalue weighted by Crippen LogP contribution is 2.44. The van der Waals surface area contributed by atoms with Crippen molar-refractivity contribution in [2.45, 2.75) is 114 Å². The molecule has 28 heteroatoms. The zero-order valence-electron chi connectivity index (χ0n) is 46.8. The minimum atomic E-state index is -2.00. The maximum atomic E-state index is 14.8. The van der Waals surface area contributed by atoms with Crippen molar-refractivity contribution in [3.63, 3.8) is 0 Å². The number of rotatable bonds is 32. The number of phenols is 1. The van der Waals surface area contributed by atoms with Gasteiger partial charge >= 0.3 is 29.9 Å². The van der Waals surface area contributed by atoms with Crippen LogP contribution < -0.4 is 36.9 Å². The predicted octanol–water partition coefficient (Wildman–Crippen LogP) is 4.79. The van der Waals surface area contributed by atoms with Crippen molar-refractivity contribution in [2.24, 2.45) is 0 Å². The summed E-state index contributed by atoms with van der Waals surface area (Å²) in [5.41, 5.74) is -3.33. The van der Waals surface area contributed by atoms with E-state index in [1.165, 1.54) is 12.1 Å². The van der Waals surface area contributed by atoms with Gasteiger partial charge in [0.05, 0.1) is 29.2 Å². The average molecular weight is 1220 g/mol. The van der Waals surface area contributed by atoms with Crippen LogP contribution in [0.15, 0.2) is 82.0 Å². The molecule has 0 radical (unpaired) electrons. The van der Waals surface area contributed by atoms with E-state index in [4.69, 9.17) is 19.0 Å². The standard InChI is InChI=1S/C58H64F2N6O19S/c1-30(29-86-46-28-49(71)66(53(46)75)33-11-12-34(35(23-33)54(76)77)51-36-24-38(59)42(67)26-44(36)85-45-27-43(68)39(60)25-37(45)51)62-52(74)41(22-32-8-5-4-6-9-32)63-48(70)10-7-19-83-20-16-31(2)84-21-18-61-47(69)14-13-40(55(78)79)64-57(82)65-58(3,56(80)81)17-15-50(72)73/h4-6,8-9,11-12,23-27,30-31,40-41,46,67H,7,10,13-22,28-29H2,1-3H3,(H,61,69)(H,62,74)(H,63,70)(H,72,73)(H,76,77)(H,78,79)(H,80,81)(H2,64,65,82)/t30-,31?,40+,41+,46?,58+/m1/s1. The first-order chi connectivity index (χ1) is 40.7. The van der Waals surface area contributed by atoms with Crippen molar-refractivity contribution in [1.29, 1.82) is 0 Å². The molecule has 2 heterocycles. The fourth-order valence-electron chi connectivity index (χ4n) is 9.10. The highest BCUT2D eigenvalue weighted by atomic mass is 32.2. The van der Waals surface area contributed by atoms with Gasteiger partial charge in [0.2, 0.25) is 35.0 Å². The van der Waals surface area contributed by atoms with Crippen LogP contribution in [0.2, 0.25) is 0 Å². The van der Waals surface area contributed by atoms with Crippen molar-refractivity contribution >= 4 is 87.9 Å². The first-order valence-electron chi connectivity index (χ1n) is 27.1. The average Bonchev–Trinajstić information content (AvgIpc) is 0.819. The molecule has 7 amide bonds. The summed E-state index contributed by atoms with van der Waals surface area (Å²) in [6.07, 6.45) is -1.38. The lowest BCUT2D eigenvalue weighted by Crippen LogP contribution is -2.57. The zero-order chi connectivity index (χ0) is 63.0. The van der Waals surface area contributed by atoms with E-state index >= 15 is 0 Å². The Balaban J connectivity index is 0.931. The first-order valence-corrected chi connectivity index (χ1v) is 28.1. The number of carbonyl (C=O) groups excluding carboxylic acids is 6. The van der Waals surface area contributed by atoms with Crippen molar-refractivity contribution in [3.8, 4) is 28.2 Å². The third kappa shape index (κ3) is 18.0. The van der Waals surface area contributed by atoms with E-state index in [0.717, 1.165) is 59.5 Å². The summed E-state index contributed by atoms with van der Waals surface area (Å²) in [7, 11) is 0. The number of thioether (sulfide) groups is 1. The molecule has 86 heavy (non-hydrogen) atoms. The Labute approximate surface area is 493 Å².